The first-order valence-electron chi connectivity index (χ1n) is 15.7. The molecule has 1 saturated heterocycles. The topological polar surface area (TPSA) is 122 Å². The summed E-state index contributed by atoms with van der Waals surface area (Å²) in [4.78, 5) is 27.8. The van der Waals surface area contributed by atoms with Gasteiger partial charge in [0, 0.05) is 39.3 Å². The number of benzene rings is 3. The van der Waals surface area contributed by atoms with E-state index in [1.54, 1.807) is 0 Å². The first-order valence-corrected chi connectivity index (χ1v) is 15.7. The maximum absolute atomic E-state index is 13.5. The molecular formula is C35H38N6O5. The Morgan fingerprint density at radius 3 is 2.39 bits per heavy atom. The van der Waals surface area contributed by atoms with Gasteiger partial charge in [-0.2, -0.15) is 5.26 Å². The summed E-state index contributed by atoms with van der Waals surface area (Å²) in [5.41, 5.74) is 3.90. The van der Waals surface area contributed by atoms with Crippen LogP contribution in [-0.4, -0.2) is 73.5 Å². The highest BCUT2D eigenvalue weighted by Crippen LogP contribution is 2.33. The van der Waals surface area contributed by atoms with Crippen LogP contribution in [0.25, 0.3) is 11.0 Å². The van der Waals surface area contributed by atoms with Gasteiger partial charge in [-0.25, -0.2) is 9.97 Å². The molecule has 2 aliphatic heterocycles. The number of carbonyl (C=O) groups is 1. The van der Waals surface area contributed by atoms with Crippen molar-refractivity contribution in [1.82, 2.24) is 20.2 Å². The third kappa shape index (κ3) is 6.92. The molecule has 1 unspecified atom stereocenters. The predicted molar refractivity (Wildman–Crippen MR) is 173 cm³/mol. The summed E-state index contributed by atoms with van der Waals surface area (Å²) in [6.45, 7) is 9.26. The first-order chi connectivity index (χ1) is 22.6. The third-order valence-corrected chi connectivity index (χ3v) is 8.08. The Balaban J connectivity index is 1.14. The average Bonchev–Trinajstić information content (AvgIpc) is 3.55. The number of hydrogen-bond acceptors (Lipinski definition) is 10. The Kier molecular flexibility index (Phi) is 9.65. The molecule has 0 bridgehead atoms. The number of aromatic nitrogens is 2. The maximum Gasteiger partial charge on any atom is 0.243 e. The van der Waals surface area contributed by atoms with Crippen LogP contribution in [-0.2, 0) is 17.8 Å². The molecule has 4 aromatic rings. The van der Waals surface area contributed by atoms with E-state index in [2.05, 4.69) is 27.3 Å². The molecule has 0 radical (unpaired) electrons. The van der Waals surface area contributed by atoms with E-state index >= 15 is 0 Å². The lowest BCUT2D eigenvalue weighted by Crippen LogP contribution is -2.47. The summed E-state index contributed by atoms with van der Waals surface area (Å²) in [5, 5.41) is 13.2. The van der Waals surface area contributed by atoms with Gasteiger partial charge in [0.1, 0.15) is 5.69 Å². The van der Waals surface area contributed by atoms with E-state index in [1.807, 2.05) is 68.4 Å². The van der Waals surface area contributed by atoms with Crippen molar-refractivity contribution in [2.45, 2.75) is 32.7 Å². The fourth-order valence-corrected chi connectivity index (χ4v) is 5.77. The second kappa shape index (κ2) is 14.3. The number of carbonyl (C=O) groups excluding carboxylic acids is 1. The van der Waals surface area contributed by atoms with Crippen molar-refractivity contribution in [1.29, 1.82) is 5.26 Å². The van der Waals surface area contributed by atoms with Gasteiger partial charge in [-0.05, 0) is 67.8 Å². The summed E-state index contributed by atoms with van der Waals surface area (Å²) in [6, 6.07) is 21.6. The Hall–Kier alpha value is -5.08. The Morgan fingerprint density at radius 2 is 1.63 bits per heavy atom. The number of anilines is 1. The van der Waals surface area contributed by atoms with Gasteiger partial charge in [0.15, 0.2) is 34.7 Å². The lowest BCUT2D eigenvalue weighted by Gasteiger charge is -2.36. The van der Waals surface area contributed by atoms with Gasteiger partial charge in [-0.1, -0.05) is 24.3 Å². The molecule has 1 amide bonds. The molecule has 1 aromatic heterocycles. The predicted octanol–water partition coefficient (Wildman–Crippen LogP) is 4.44. The Morgan fingerprint density at radius 1 is 0.913 bits per heavy atom. The number of para-hydroxylation sites is 2. The minimum Gasteiger partial charge on any atom is -0.490 e. The molecule has 6 rings (SSSR count). The van der Waals surface area contributed by atoms with E-state index in [1.165, 1.54) is 0 Å². The molecular weight excluding hydrogens is 584 g/mol. The van der Waals surface area contributed by atoms with Crippen LogP contribution in [0.15, 0.2) is 60.7 Å². The van der Waals surface area contributed by atoms with Gasteiger partial charge in [-0.15, -0.1) is 0 Å². The molecule has 2 aliphatic rings. The van der Waals surface area contributed by atoms with Crippen LogP contribution in [0, 0.1) is 11.3 Å². The molecule has 238 valence electrons. The summed E-state index contributed by atoms with van der Waals surface area (Å²) >= 11 is 0. The number of nitrogens with one attached hydrogen (secondary N) is 1. The van der Waals surface area contributed by atoms with Crippen molar-refractivity contribution < 1.29 is 23.7 Å². The fraction of sp³-hybridized carbons (Fsp3) is 0.371. The first kappa shape index (κ1) is 30.9. The van der Waals surface area contributed by atoms with E-state index in [9.17, 15) is 10.1 Å². The lowest BCUT2D eigenvalue weighted by atomic mass is 10.0. The van der Waals surface area contributed by atoms with Gasteiger partial charge in [0.2, 0.25) is 12.7 Å². The van der Waals surface area contributed by atoms with E-state index in [0.717, 1.165) is 47.8 Å². The summed E-state index contributed by atoms with van der Waals surface area (Å²) < 4.78 is 22.4. The molecule has 1 fully saturated rings. The standard InChI is InChI=1S/C35H38N6O5/c1-3-43-29-11-9-24(19-31(29)44-4-2)13-14-37-35(42)26(21-36)33-34(39-28-8-6-5-7-27(28)38-33)41-17-15-40(16-18-41)22-25-10-12-30-32(20-25)46-23-45-30/h5-12,19-20,26H,3-4,13-18,22-23H2,1-2H3,(H,37,42). The number of ether oxygens (including phenoxy) is 4. The number of nitrogens with zero attached hydrogens (tertiary/aromatic N) is 5. The van der Waals surface area contributed by atoms with Crippen molar-refractivity contribution >= 4 is 22.8 Å². The number of fused-ring (bicyclic) bond motifs is 2. The molecule has 3 aromatic carbocycles. The number of hydrogen-bond donors (Lipinski definition) is 1. The molecule has 11 heteroatoms. The number of piperazine rings is 1. The van der Waals surface area contributed by atoms with E-state index < -0.39 is 11.8 Å². The van der Waals surface area contributed by atoms with E-state index in [0.29, 0.717) is 67.8 Å². The molecule has 0 saturated carbocycles. The highest BCUT2D eigenvalue weighted by atomic mass is 16.7. The van der Waals surface area contributed by atoms with Gasteiger partial charge in [0.25, 0.3) is 0 Å². The number of rotatable bonds is 12. The van der Waals surface area contributed by atoms with Gasteiger partial charge in [-0.3, -0.25) is 9.69 Å². The highest BCUT2D eigenvalue weighted by Gasteiger charge is 2.30. The summed E-state index contributed by atoms with van der Waals surface area (Å²) in [7, 11) is 0. The van der Waals surface area contributed by atoms with E-state index in [4.69, 9.17) is 28.9 Å². The number of nitriles is 1. The van der Waals surface area contributed by atoms with Crippen molar-refractivity contribution in [3.05, 3.63) is 77.5 Å². The zero-order valence-electron chi connectivity index (χ0n) is 26.2. The average molecular weight is 623 g/mol. The van der Waals surface area contributed by atoms with Crippen LogP contribution >= 0.6 is 0 Å². The molecule has 1 atom stereocenters. The highest BCUT2D eigenvalue weighted by molar-refractivity contribution is 5.88. The summed E-state index contributed by atoms with van der Waals surface area (Å²) in [5.74, 6) is 1.99. The van der Waals surface area contributed by atoms with Gasteiger partial charge in [0.05, 0.1) is 30.3 Å². The van der Waals surface area contributed by atoms with Crippen molar-refractivity contribution in [3.8, 4) is 29.1 Å². The zero-order valence-corrected chi connectivity index (χ0v) is 26.2. The van der Waals surface area contributed by atoms with Crippen LogP contribution in [0.2, 0.25) is 0 Å². The number of amides is 1. The van der Waals surface area contributed by atoms with Crippen LogP contribution in [0.5, 0.6) is 23.0 Å². The Bertz CT molecular complexity index is 1730. The smallest absolute Gasteiger partial charge is 0.243 e. The molecule has 0 spiro atoms. The van der Waals surface area contributed by atoms with Crippen molar-refractivity contribution in [2.24, 2.45) is 0 Å². The summed E-state index contributed by atoms with van der Waals surface area (Å²) in [6.07, 6.45) is 0.567. The monoisotopic (exact) mass is 622 g/mol. The fourth-order valence-electron chi connectivity index (χ4n) is 5.77. The van der Waals surface area contributed by atoms with Crippen LogP contribution < -0.4 is 29.2 Å². The van der Waals surface area contributed by atoms with Crippen LogP contribution in [0.1, 0.15) is 36.6 Å². The normalized spacial score (nSPS) is 14.9. The SMILES string of the molecule is CCOc1ccc(CCNC(=O)C(C#N)c2nc3ccccc3nc2N2CCN(Cc3ccc4c(c3)OCO4)CC2)cc1OCC. The maximum atomic E-state index is 13.5. The van der Waals surface area contributed by atoms with Crippen molar-refractivity contribution in [2.75, 3.05) is 57.6 Å². The Labute approximate surface area is 268 Å². The third-order valence-electron chi connectivity index (χ3n) is 8.08. The van der Waals surface area contributed by atoms with Gasteiger partial charge < -0.3 is 29.2 Å². The lowest BCUT2D eigenvalue weighted by molar-refractivity contribution is -0.121. The largest absolute Gasteiger partial charge is 0.490 e. The minimum atomic E-state index is -1.11. The second-order valence-electron chi connectivity index (χ2n) is 11.1. The van der Waals surface area contributed by atoms with Crippen LogP contribution in [0.3, 0.4) is 0 Å². The molecule has 0 aliphatic carbocycles. The van der Waals surface area contributed by atoms with Gasteiger partial charge >= 0.3 is 0 Å². The van der Waals surface area contributed by atoms with Crippen molar-refractivity contribution in [3.63, 3.8) is 0 Å². The molecule has 11 nitrogen and oxygen atoms in total. The minimum absolute atomic E-state index is 0.256. The molecule has 3 heterocycles. The quantitative estimate of drug-likeness (QED) is 0.243. The van der Waals surface area contributed by atoms with E-state index in [-0.39, 0.29) is 6.79 Å². The second-order valence-corrected chi connectivity index (χ2v) is 11.1. The molecule has 46 heavy (non-hydrogen) atoms. The zero-order chi connectivity index (χ0) is 31.9. The molecule has 1 N–H and O–H groups in total. The van der Waals surface area contributed by atoms with Crippen LogP contribution in [0.4, 0.5) is 5.82 Å².